The molecule has 0 unspecified atom stereocenters. The Balaban J connectivity index is 2.06. The summed E-state index contributed by atoms with van der Waals surface area (Å²) in [6, 6.07) is 7.21. The van der Waals surface area contributed by atoms with E-state index in [0.717, 1.165) is 6.07 Å². The molecule has 0 atom stereocenters. The van der Waals surface area contributed by atoms with E-state index in [1.165, 1.54) is 13.2 Å². The second-order valence-electron chi connectivity index (χ2n) is 5.93. The lowest BCUT2D eigenvalue weighted by Crippen LogP contribution is -2.09. The largest absolute Gasteiger partial charge is 0.496 e. The fraction of sp³-hybridized carbons (Fsp3) is 0.200. The first kappa shape index (κ1) is 19.8. The van der Waals surface area contributed by atoms with E-state index in [4.69, 9.17) is 16.3 Å². The fourth-order valence-corrected chi connectivity index (χ4v) is 2.98. The summed E-state index contributed by atoms with van der Waals surface area (Å²) in [5.74, 6) is 6.16. The van der Waals surface area contributed by atoms with Gasteiger partial charge in [0.2, 0.25) is 0 Å². The highest BCUT2D eigenvalue weighted by molar-refractivity contribution is 6.29. The average molecular weight is 406 g/mol. The number of hydrogen-bond acceptors (Lipinski definition) is 3. The second-order valence-corrected chi connectivity index (χ2v) is 6.32. The van der Waals surface area contributed by atoms with Gasteiger partial charge in [-0.3, -0.25) is 4.57 Å². The Morgan fingerprint density at radius 3 is 2.50 bits per heavy atom. The zero-order chi connectivity index (χ0) is 20.5. The minimum Gasteiger partial charge on any atom is -0.496 e. The molecule has 4 nitrogen and oxygen atoms in total. The van der Waals surface area contributed by atoms with Gasteiger partial charge in [0.05, 0.1) is 18.4 Å². The Hall–Kier alpha value is -2.98. The number of ether oxygens (including phenoxy) is 1. The van der Waals surface area contributed by atoms with Gasteiger partial charge in [-0.15, -0.1) is 0 Å². The van der Waals surface area contributed by atoms with Crippen molar-refractivity contribution in [3.63, 3.8) is 0 Å². The topological polar surface area (TPSA) is 39.9 Å². The standard InChI is InChI=1S/C20H15ClF3N3O/c1-12-17(6-4-14-8-9-25-19(21)10-14)26-13(2)27(12)15-5-7-18(28-3)16(11-15)20(22,23)24/h5,7-11H,1-3H3. The Labute approximate surface area is 165 Å². The van der Waals surface area contributed by atoms with E-state index < -0.39 is 11.7 Å². The number of aryl methyl sites for hydroxylation is 1. The number of benzene rings is 1. The number of aromatic nitrogens is 3. The molecule has 0 radical (unpaired) electrons. The molecular weight excluding hydrogens is 391 g/mol. The van der Waals surface area contributed by atoms with Crippen LogP contribution in [0.4, 0.5) is 13.2 Å². The Morgan fingerprint density at radius 1 is 1.11 bits per heavy atom. The number of methoxy groups -OCH3 is 1. The van der Waals surface area contributed by atoms with Crippen molar-refractivity contribution in [3.8, 4) is 23.3 Å². The maximum Gasteiger partial charge on any atom is 0.420 e. The monoisotopic (exact) mass is 405 g/mol. The molecule has 0 aliphatic rings. The molecule has 1 aromatic carbocycles. The molecular formula is C20H15ClF3N3O. The summed E-state index contributed by atoms with van der Waals surface area (Å²) in [6.45, 7) is 3.46. The quantitative estimate of drug-likeness (QED) is 0.446. The van der Waals surface area contributed by atoms with Crippen molar-refractivity contribution in [1.29, 1.82) is 0 Å². The molecule has 0 fully saturated rings. The van der Waals surface area contributed by atoms with Crippen LogP contribution in [0.3, 0.4) is 0 Å². The smallest absolute Gasteiger partial charge is 0.420 e. The molecule has 8 heteroatoms. The normalized spacial score (nSPS) is 11.1. The van der Waals surface area contributed by atoms with Crippen molar-refractivity contribution >= 4 is 11.6 Å². The predicted molar refractivity (Wildman–Crippen MR) is 99.8 cm³/mol. The average Bonchev–Trinajstić information content (AvgIpc) is 2.92. The van der Waals surface area contributed by atoms with Crippen molar-refractivity contribution in [2.24, 2.45) is 0 Å². The molecule has 3 rings (SSSR count). The number of nitrogens with zero attached hydrogens (tertiary/aromatic N) is 3. The molecule has 0 spiro atoms. The molecule has 0 saturated heterocycles. The first-order chi connectivity index (χ1) is 13.2. The maximum absolute atomic E-state index is 13.3. The molecule has 0 amide bonds. The van der Waals surface area contributed by atoms with Crippen LogP contribution in [0.25, 0.3) is 5.69 Å². The Kier molecular flexibility index (Phi) is 5.34. The lowest BCUT2D eigenvalue weighted by molar-refractivity contribution is -0.138. The van der Waals surface area contributed by atoms with Crippen molar-refractivity contribution in [2.75, 3.05) is 7.11 Å². The van der Waals surface area contributed by atoms with Crippen LogP contribution in [0.1, 0.15) is 28.3 Å². The summed E-state index contributed by atoms with van der Waals surface area (Å²) in [7, 11) is 1.21. The highest BCUT2D eigenvalue weighted by Crippen LogP contribution is 2.37. The van der Waals surface area contributed by atoms with Crippen LogP contribution >= 0.6 is 11.6 Å². The number of pyridine rings is 1. The van der Waals surface area contributed by atoms with Crippen LogP contribution in [-0.4, -0.2) is 21.6 Å². The van der Waals surface area contributed by atoms with Gasteiger partial charge in [0, 0.05) is 17.4 Å². The molecule has 28 heavy (non-hydrogen) atoms. The number of halogens is 4. The van der Waals surface area contributed by atoms with Crippen molar-refractivity contribution < 1.29 is 17.9 Å². The molecule has 0 saturated carbocycles. The maximum atomic E-state index is 13.3. The molecule has 2 heterocycles. The van der Waals surface area contributed by atoms with Crippen molar-refractivity contribution in [3.05, 3.63) is 70.0 Å². The molecule has 0 aliphatic heterocycles. The predicted octanol–water partition coefficient (Wildman–Crippen LogP) is 4.96. The van der Waals surface area contributed by atoms with Crippen LogP contribution in [0.2, 0.25) is 5.15 Å². The fourth-order valence-electron chi connectivity index (χ4n) is 2.81. The third kappa shape index (κ3) is 3.97. The van der Waals surface area contributed by atoms with E-state index in [9.17, 15) is 13.2 Å². The number of alkyl halides is 3. The SMILES string of the molecule is COc1ccc(-n2c(C)nc(C#Cc3ccnc(Cl)c3)c2C)cc1C(F)(F)F. The van der Waals surface area contributed by atoms with Gasteiger partial charge in [-0.1, -0.05) is 17.5 Å². The minimum absolute atomic E-state index is 0.235. The lowest BCUT2D eigenvalue weighted by Gasteiger charge is -2.15. The zero-order valence-electron chi connectivity index (χ0n) is 15.2. The molecule has 3 aromatic rings. The molecule has 144 valence electrons. The van der Waals surface area contributed by atoms with Gasteiger partial charge in [-0.25, -0.2) is 9.97 Å². The van der Waals surface area contributed by atoms with Crippen LogP contribution in [0.15, 0.2) is 36.5 Å². The van der Waals surface area contributed by atoms with Gasteiger partial charge < -0.3 is 4.74 Å². The van der Waals surface area contributed by atoms with E-state index in [-0.39, 0.29) is 5.75 Å². The van der Waals surface area contributed by atoms with E-state index in [2.05, 4.69) is 21.8 Å². The van der Waals surface area contributed by atoms with Gasteiger partial charge >= 0.3 is 6.18 Å². The lowest BCUT2D eigenvalue weighted by atomic mass is 10.1. The highest BCUT2D eigenvalue weighted by atomic mass is 35.5. The molecule has 0 N–H and O–H groups in total. The third-order valence-corrected chi connectivity index (χ3v) is 4.28. The summed E-state index contributed by atoms with van der Waals surface area (Å²) in [4.78, 5) is 8.27. The van der Waals surface area contributed by atoms with E-state index in [1.54, 1.807) is 42.8 Å². The molecule has 0 aliphatic carbocycles. The minimum atomic E-state index is -4.53. The van der Waals surface area contributed by atoms with Crippen molar-refractivity contribution in [2.45, 2.75) is 20.0 Å². The van der Waals surface area contributed by atoms with Gasteiger partial charge in [-0.2, -0.15) is 13.2 Å². The Bertz CT molecular complexity index is 1090. The van der Waals surface area contributed by atoms with Crippen LogP contribution in [0.5, 0.6) is 5.75 Å². The first-order valence-electron chi connectivity index (χ1n) is 8.16. The molecule has 0 bridgehead atoms. The summed E-state index contributed by atoms with van der Waals surface area (Å²) in [5, 5.41) is 0.322. The van der Waals surface area contributed by atoms with E-state index >= 15 is 0 Å². The van der Waals surface area contributed by atoms with Gasteiger partial charge in [0.1, 0.15) is 22.4 Å². The van der Waals surface area contributed by atoms with Crippen LogP contribution < -0.4 is 4.74 Å². The summed E-state index contributed by atoms with van der Waals surface area (Å²) in [6.07, 6.45) is -2.99. The third-order valence-electron chi connectivity index (χ3n) is 4.07. The number of hydrogen-bond donors (Lipinski definition) is 0. The first-order valence-corrected chi connectivity index (χ1v) is 8.53. The summed E-state index contributed by atoms with van der Waals surface area (Å²) in [5.41, 5.74) is 1.24. The summed E-state index contributed by atoms with van der Waals surface area (Å²) < 4.78 is 46.5. The van der Waals surface area contributed by atoms with Crippen LogP contribution in [-0.2, 0) is 6.18 Å². The van der Waals surface area contributed by atoms with Gasteiger partial charge in [-0.05, 0) is 50.1 Å². The number of rotatable bonds is 2. The number of imidazole rings is 1. The van der Waals surface area contributed by atoms with E-state index in [0.29, 0.717) is 33.6 Å². The summed E-state index contributed by atoms with van der Waals surface area (Å²) >= 11 is 5.84. The zero-order valence-corrected chi connectivity index (χ0v) is 16.0. The van der Waals surface area contributed by atoms with Crippen molar-refractivity contribution in [1.82, 2.24) is 14.5 Å². The van der Waals surface area contributed by atoms with Gasteiger partial charge in [0.25, 0.3) is 0 Å². The Morgan fingerprint density at radius 2 is 1.86 bits per heavy atom. The molecule has 2 aromatic heterocycles. The highest BCUT2D eigenvalue weighted by Gasteiger charge is 2.35. The van der Waals surface area contributed by atoms with Crippen LogP contribution in [0, 0.1) is 25.7 Å². The van der Waals surface area contributed by atoms with Gasteiger partial charge in [0.15, 0.2) is 0 Å². The van der Waals surface area contributed by atoms with E-state index in [1.807, 2.05) is 0 Å². The second kappa shape index (κ2) is 7.56.